The Kier molecular flexibility index (Phi) is 6.81. The van der Waals surface area contributed by atoms with Crippen LogP contribution in [0, 0.1) is 19.8 Å². The summed E-state index contributed by atoms with van der Waals surface area (Å²) in [4.78, 5) is 24.6. The average molecular weight is 374 g/mol. The number of carbonyl (C=O) groups excluding carboxylic acids is 2. The van der Waals surface area contributed by atoms with E-state index in [2.05, 4.69) is 5.32 Å². The van der Waals surface area contributed by atoms with Gasteiger partial charge < -0.3 is 10.1 Å². The minimum atomic E-state index is -0.443. The van der Waals surface area contributed by atoms with Crippen molar-refractivity contribution >= 4 is 29.2 Å². The molecule has 0 saturated heterocycles. The molecular formula is C21H24ClNO3. The Morgan fingerprint density at radius 3 is 2.27 bits per heavy atom. The molecule has 26 heavy (non-hydrogen) atoms. The molecule has 0 spiro atoms. The maximum Gasteiger partial charge on any atom is 0.314 e. The van der Waals surface area contributed by atoms with Crippen LogP contribution in [0.15, 0.2) is 42.5 Å². The lowest BCUT2D eigenvalue weighted by Gasteiger charge is -2.20. The average Bonchev–Trinajstić information content (AvgIpc) is 2.58. The fraction of sp³-hybridized carbons (Fsp3) is 0.333. The molecule has 2 rings (SSSR count). The third-order valence-electron chi connectivity index (χ3n) is 4.29. The summed E-state index contributed by atoms with van der Waals surface area (Å²) >= 11 is 5.91. The normalized spacial score (nSPS) is 11.9. The Hall–Kier alpha value is -2.33. The predicted octanol–water partition coefficient (Wildman–Crippen LogP) is 4.88. The highest BCUT2D eigenvalue weighted by atomic mass is 35.5. The van der Waals surface area contributed by atoms with E-state index < -0.39 is 11.9 Å². The first-order valence-electron chi connectivity index (χ1n) is 8.57. The van der Waals surface area contributed by atoms with E-state index in [4.69, 9.17) is 16.3 Å². The van der Waals surface area contributed by atoms with Crippen molar-refractivity contribution in [3.8, 4) is 0 Å². The minimum absolute atomic E-state index is 0.0338. The van der Waals surface area contributed by atoms with E-state index in [1.165, 1.54) is 0 Å². The molecule has 0 heterocycles. The van der Waals surface area contributed by atoms with Crippen LogP contribution in [0.2, 0.25) is 5.02 Å². The molecule has 0 aliphatic rings. The second-order valence-corrected chi connectivity index (χ2v) is 7.16. The Bertz CT molecular complexity index is 784. The van der Waals surface area contributed by atoms with Gasteiger partial charge in [-0.1, -0.05) is 43.6 Å². The van der Waals surface area contributed by atoms with Gasteiger partial charge >= 0.3 is 5.97 Å². The molecule has 5 heteroatoms. The van der Waals surface area contributed by atoms with Gasteiger partial charge in [-0.15, -0.1) is 0 Å². The van der Waals surface area contributed by atoms with Gasteiger partial charge in [0.05, 0.1) is 5.92 Å². The number of anilines is 1. The van der Waals surface area contributed by atoms with Crippen molar-refractivity contribution in [3.63, 3.8) is 0 Å². The van der Waals surface area contributed by atoms with E-state index >= 15 is 0 Å². The Labute approximate surface area is 159 Å². The number of benzene rings is 2. The summed E-state index contributed by atoms with van der Waals surface area (Å²) in [6, 6.07) is 12.8. The predicted molar refractivity (Wildman–Crippen MR) is 105 cm³/mol. The van der Waals surface area contributed by atoms with Gasteiger partial charge in [-0.05, 0) is 60.7 Å². The third kappa shape index (κ3) is 5.33. The minimum Gasteiger partial charge on any atom is -0.455 e. The number of aryl methyl sites for hydroxylation is 2. The van der Waals surface area contributed by atoms with Crippen LogP contribution in [0.3, 0.4) is 0 Å². The molecular weight excluding hydrogens is 350 g/mol. The van der Waals surface area contributed by atoms with Crippen LogP contribution in [0.25, 0.3) is 0 Å². The van der Waals surface area contributed by atoms with Gasteiger partial charge in [-0.3, -0.25) is 9.59 Å². The molecule has 1 amide bonds. The largest absolute Gasteiger partial charge is 0.455 e. The first kappa shape index (κ1) is 20.0. The highest BCUT2D eigenvalue weighted by Crippen LogP contribution is 2.27. The lowest BCUT2D eigenvalue weighted by atomic mass is 9.88. The Balaban J connectivity index is 1.97. The second kappa shape index (κ2) is 8.86. The summed E-state index contributed by atoms with van der Waals surface area (Å²) in [5.74, 6) is -1.19. The quantitative estimate of drug-likeness (QED) is 0.734. The fourth-order valence-corrected chi connectivity index (χ4v) is 2.83. The molecule has 0 aliphatic heterocycles. The summed E-state index contributed by atoms with van der Waals surface area (Å²) in [6.07, 6.45) is 0. The molecule has 0 saturated carbocycles. The Morgan fingerprint density at radius 1 is 1.04 bits per heavy atom. The highest BCUT2D eigenvalue weighted by molar-refractivity contribution is 6.30. The number of ether oxygens (including phenoxy) is 1. The first-order chi connectivity index (χ1) is 12.3. The number of esters is 1. The number of hydrogen-bond acceptors (Lipinski definition) is 3. The van der Waals surface area contributed by atoms with Crippen molar-refractivity contribution in [2.45, 2.75) is 33.6 Å². The van der Waals surface area contributed by atoms with E-state index in [0.717, 1.165) is 16.7 Å². The fourth-order valence-electron chi connectivity index (χ4n) is 2.71. The van der Waals surface area contributed by atoms with Gasteiger partial charge in [0.1, 0.15) is 0 Å². The van der Waals surface area contributed by atoms with Crippen LogP contribution in [-0.2, 0) is 14.3 Å². The number of carbonyl (C=O) groups is 2. The first-order valence-corrected chi connectivity index (χ1v) is 8.95. The maximum atomic E-state index is 12.5. The van der Waals surface area contributed by atoms with Crippen molar-refractivity contribution in [3.05, 3.63) is 64.2 Å². The molecule has 1 atom stereocenters. The lowest BCUT2D eigenvalue weighted by Crippen LogP contribution is -2.26. The molecule has 0 aliphatic carbocycles. The summed E-state index contributed by atoms with van der Waals surface area (Å²) in [6.45, 7) is 7.55. The molecule has 2 aromatic carbocycles. The maximum absolute atomic E-state index is 12.5. The second-order valence-electron chi connectivity index (χ2n) is 6.73. The van der Waals surface area contributed by atoms with Gasteiger partial charge in [0, 0.05) is 10.7 Å². The van der Waals surface area contributed by atoms with Gasteiger partial charge in [0.25, 0.3) is 5.91 Å². The van der Waals surface area contributed by atoms with Crippen LogP contribution in [-0.4, -0.2) is 18.5 Å². The smallest absolute Gasteiger partial charge is 0.314 e. The Morgan fingerprint density at radius 2 is 1.69 bits per heavy atom. The molecule has 1 N–H and O–H groups in total. The van der Waals surface area contributed by atoms with Gasteiger partial charge in [0.2, 0.25) is 0 Å². The zero-order valence-corrected chi connectivity index (χ0v) is 16.3. The summed E-state index contributed by atoms with van der Waals surface area (Å²) in [7, 11) is 0. The van der Waals surface area contributed by atoms with E-state index in [1.807, 2.05) is 58.0 Å². The molecule has 2 aromatic rings. The molecule has 0 fully saturated rings. The van der Waals surface area contributed by atoms with Crippen molar-refractivity contribution in [2.24, 2.45) is 5.92 Å². The van der Waals surface area contributed by atoms with Crippen LogP contribution < -0.4 is 5.32 Å². The van der Waals surface area contributed by atoms with E-state index in [0.29, 0.717) is 10.7 Å². The number of rotatable bonds is 6. The monoisotopic (exact) mass is 373 g/mol. The standard InChI is InChI=1S/C21H24ClNO3/c1-13(2)20(16-6-8-17(22)9-7-16)21(25)26-12-19(24)23-18-10-5-14(3)15(4)11-18/h5-11,13,20H,12H2,1-4H3,(H,23,24)/t20-/m0/s1. The van der Waals surface area contributed by atoms with E-state index in [-0.39, 0.29) is 18.4 Å². The zero-order chi connectivity index (χ0) is 19.3. The van der Waals surface area contributed by atoms with Gasteiger partial charge in [-0.25, -0.2) is 0 Å². The van der Waals surface area contributed by atoms with Crippen molar-refractivity contribution in [1.29, 1.82) is 0 Å². The van der Waals surface area contributed by atoms with Crippen molar-refractivity contribution < 1.29 is 14.3 Å². The van der Waals surface area contributed by atoms with E-state index in [1.54, 1.807) is 12.1 Å². The zero-order valence-electron chi connectivity index (χ0n) is 15.5. The molecule has 0 unspecified atom stereocenters. The van der Waals surface area contributed by atoms with Gasteiger partial charge in [-0.2, -0.15) is 0 Å². The lowest BCUT2D eigenvalue weighted by molar-refractivity contribution is -0.149. The topological polar surface area (TPSA) is 55.4 Å². The molecule has 0 bridgehead atoms. The number of hydrogen-bond donors (Lipinski definition) is 1. The van der Waals surface area contributed by atoms with Crippen LogP contribution in [0.4, 0.5) is 5.69 Å². The van der Waals surface area contributed by atoms with Crippen LogP contribution in [0.1, 0.15) is 36.5 Å². The molecule has 4 nitrogen and oxygen atoms in total. The molecule has 138 valence electrons. The van der Waals surface area contributed by atoms with Crippen LogP contribution >= 0.6 is 11.6 Å². The SMILES string of the molecule is Cc1ccc(NC(=O)COC(=O)[C@H](c2ccc(Cl)cc2)C(C)C)cc1C. The molecule has 0 radical (unpaired) electrons. The summed E-state index contributed by atoms with van der Waals surface area (Å²) in [5, 5.41) is 3.36. The van der Waals surface area contributed by atoms with E-state index in [9.17, 15) is 9.59 Å². The summed E-state index contributed by atoms with van der Waals surface area (Å²) < 4.78 is 5.25. The summed E-state index contributed by atoms with van der Waals surface area (Å²) in [5.41, 5.74) is 3.75. The van der Waals surface area contributed by atoms with Crippen molar-refractivity contribution in [2.75, 3.05) is 11.9 Å². The van der Waals surface area contributed by atoms with Gasteiger partial charge in [0.15, 0.2) is 6.61 Å². The third-order valence-corrected chi connectivity index (χ3v) is 4.54. The van der Waals surface area contributed by atoms with Crippen molar-refractivity contribution in [1.82, 2.24) is 0 Å². The molecule has 0 aromatic heterocycles. The van der Waals surface area contributed by atoms with Crippen LogP contribution in [0.5, 0.6) is 0 Å². The number of amides is 1. The highest BCUT2D eigenvalue weighted by Gasteiger charge is 2.26. The number of nitrogens with one attached hydrogen (secondary N) is 1. The number of halogens is 1.